The number of allylic oxidation sites excluding steroid dienone is 1. The van der Waals surface area contributed by atoms with Crippen molar-refractivity contribution >= 4 is 0 Å². The fraction of sp³-hybridized carbons (Fsp3) is 0.500. The second-order valence-corrected chi connectivity index (χ2v) is 5.01. The van der Waals surface area contributed by atoms with Crippen molar-refractivity contribution in [3.05, 3.63) is 41.5 Å². The molecule has 1 rings (SSSR count). The van der Waals surface area contributed by atoms with E-state index >= 15 is 0 Å². The molecule has 1 aromatic rings. The summed E-state index contributed by atoms with van der Waals surface area (Å²) in [7, 11) is 0. The van der Waals surface area contributed by atoms with Crippen LogP contribution in [0.5, 0.6) is 5.75 Å². The summed E-state index contributed by atoms with van der Waals surface area (Å²) >= 11 is 0. The zero-order chi connectivity index (χ0) is 13.5. The number of rotatable bonds is 7. The summed E-state index contributed by atoms with van der Waals surface area (Å²) in [4.78, 5) is 0. The third kappa shape index (κ3) is 4.53. The molecule has 2 nitrogen and oxygen atoms in total. The molecular weight excluding hydrogens is 222 g/mol. The van der Waals surface area contributed by atoms with Gasteiger partial charge in [-0.25, -0.2) is 0 Å². The average Bonchev–Trinajstić information content (AvgIpc) is 2.27. The average molecular weight is 247 g/mol. The Labute approximate surface area is 111 Å². The molecule has 0 heterocycles. The highest BCUT2D eigenvalue weighted by Gasteiger charge is 2.06. The highest BCUT2D eigenvalue weighted by atomic mass is 16.5. The van der Waals surface area contributed by atoms with Crippen LogP contribution in [-0.4, -0.2) is 19.2 Å². The fourth-order valence-electron chi connectivity index (χ4n) is 2.05. The Bertz CT molecular complexity index is 373. The predicted octanol–water partition coefficient (Wildman–Crippen LogP) is 3.41. The summed E-state index contributed by atoms with van der Waals surface area (Å²) < 4.78 is 5.86. The van der Waals surface area contributed by atoms with E-state index in [0.29, 0.717) is 12.6 Å². The van der Waals surface area contributed by atoms with Gasteiger partial charge >= 0.3 is 0 Å². The van der Waals surface area contributed by atoms with Crippen LogP contribution < -0.4 is 10.1 Å². The summed E-state index contributed by atoms with van der Waals surface area (Å²) in [5.41, 5.74) is 3.71. The molecular formula is C16H25NO. The molecule has 0 bridgehead atoms. The molecule has 18 heavy (non-hydrogen) atoms. The Hall–Kier alpha value is -1.28. The Morgan fingerprint density at radius 2 is 1.89 bits per heavy atom. The van der Waals surface area contributed by atoms with Gasteiger partial charge in [-0.05, 0) is 37.0 Å². The van der Waals surface area contributed by atoms with E-state index in [1.807, 2.05) is 6.08 Å². The first kappa shape index (κ1) is 14.8. The van der Waals surface area contributed by atoms with Gasteiger partial charge in [0.15, 0.2) is 0 Å². The first-order chi connectivity index (χ1) is 8.54. The molecule has 2 heteroatoms. The Kier molecular flexibility index (Phi) is 5.93. The smallest absolute Gasteiger partial charge is 0.125 e. The summed E-state index contributed by atoms with van der Waals surface area (Å²) in [6.45, 7) is 13.8. The molecule has 1 aromatic carbocycles. The lowest BCUT2D eigenvalue weighted by Gasteiger charge is -2.15. The van der Waals surface area contributed by atoms with Crippen LogP contribution in [0.4, 0.5) is 0 Å². The van der Waals surface area contributed by atoms with Gasteiger partial charge in [0.25, 0.3) is 0 Å². The van der Waals surface area contributed by atoms with Gasteiger partial charge in [0.2, 0.25) is 0 Å². The van der Waals surface area contributed by atoms with Crippen LogP contribution >= 0.6 is 0 Å². The molecule has 0 aliphatic carbocycles. The SMILES string of the molecule is C=CCc1cc(C)c(OCCNC(C)C)c(C)c1. The molecule has 1 N–H and O–H groups in total. The molecule has 0 spiro atoms. The van der Waals surface area contributed by atoms with E-state index in [0.717, 1.165) is 18.7 Å². The Balaban J connectivity index is 2.62. The second kappa shape index (κ2) is 7.22. The first-order valence-electron chi connectivity index (χ1n) is 6.61. The summed E-state index contributed by atoms with van der Waals surface area (Å²) in [6, 6.07) is 4.87. The minimum absolute atomic E-state index is 0.505. The van der Waals surface area contributed by atoms with Crippen LogP contribution in [0, 0.1) is 13.8 Å². The van der Waals surface area contributed by atoms with Gasteiger partial charge < -0.3 is 10.1 Å². The van der Waals surface area contributed by atoms with Gasteiger partial charge in [-0.15, -0.1) is 6.58 Å². The lowest BCUT2D eigenvalue weighted by Crippen LogP contribution is -2.27. The van der Waals surface area contributed by atoms with Crippen LogP contribution in [0.3, 0.4) is 0 Å². The normalized spacial score (nSPS) is 10.7. The standard InChI is InChI=1S/C16H25NO/c1-6-7-15-10-13(4)16(14(5)11-15)18-9-8-17-12(2)3/h6,10-12,17H,1,7-9H2,2-5H3. The van der Waals surface area contributed by atoms with Gasteiger partial charge in [-0.2, -0.15) is 0 Å². The van der Waals surface area contributed by atoms with E-state index in [4.69, 9.17) is 4.74 Å². The zero-order valence-corrected chi connectivity index (χ0v) is 12.0. The molecule has 0 saturated carbocycles. The van der Waals surface area contributed by atoms with E-state index in [2.05, 4.69) is 51.7 Å². The summed E-state index contributed by atoms with van der Waals surface area (Å²) in [5, 5.41) is 3.35. The largest absolute Gasteiger partial charge is 0.492 e. The number of hydrogen-bond donors (Lipinski definition) is 1. The number of benzene rings is 1. The van der Waals surface area contributed by atoms with Gasteiger partial charge in [0.05, 0.1) is 0 Å². The lowest BCUT2D eigenvalue weighted by atomic mass is 10.0. The first-order valence-corrected chi connectivity index (χ1v) is 6.61. The van der Waals surface area contributed by atoms with Crippen molar-refractivity contribution in [3.8, 4) is 5.75 Å². The van der Waals surface area contributed by atoms with Crippen LogP contribution in [-0.2, 0) is 6.42 Å². The highest BCUT2D eigenvalue weighted by molar-refractivity contribution is 5.43. The van der Waals surface area contributed by atoms with E-state index in [9.17, 15) is 0 Å². The predicted molar refractivity (Wildman–Crippen MR) is 78.5 cm³/mol. The molecule has 0 atom stereocenters. The monoisotopic (exact) mass is 247 g/mol. The minimum atomic E-state index is 0.505. The van der Waals surface area contributed by atoms with Gasteiger partial charge in [0, 0.05) is 12.6 Å². The van der Waals surface area contributed by atoms with Crippen LogP contribution in [0.15, 0.2) is 24.8 Å². The molecule has 0 unspecified atom stereocenters. The summed E-state index contributed by atoms with van der Waals surface area (Å²) in [6.07, 6.45) is 2.85. The molecule has 0 aromatic heterocycles. The van der Waals surface area contributed by atoms with Gasteiger partial charge in [-0.1, -0.05) is 32.1 Å². The maximum atomic E-state index is 5.86. The third-order valence-corrected chi connectivity index (χ3v) is 2.80. The maximum absolute atomic E-state index is 5.86. The van der Waals surface area contributed by atoms with Gasteiger partial charge in [-0.3, -0.25) is 0 Å². The number of ether oxygens (including phenoxy) is 1. The molecule has 0 saturated heterocycles. The molecule has 0 aliphatic rings. The third-order valence-electron chi connectivity index (χ3n) is 2.80. The zero-order valence-electron chi connectivity index (χ0n) is 12.0. The van der Waals surface area contributed by atoms with Crippen molar-refractivity contribution in [1.29, 1.82) is 0 Å². The van der Waals surface area contributed by atoms with Crippen molar-refractivity contribution in [1.82, 2.24) is 5.32 Å². The van der Waals surface area contributed by atoms with E-state index in [1.54, 1.807) is 0 Å². The number of nitrogens with one attached hydrogen (secondary N) is 1. The minimum Gasteiger partial charge on any atom is -0.492 e. The second-order valence-electron chi connectivity index (χ2n) is 5.01. The maximum Gasteiger partial charge on any atom is 0.125 e. The van der Waals surface area contributed by atoms with E-state index in [-0.39, 0.29) is 0 Å². The van der Waals surface area contributed by atoms with Crippen molar-refractivity contribution in [2.75, 3.05) is 13.2 Å². The topological polar surface area (TPSA) is 21.3 Å². The quantitative estimate of drug-likeness (QED) is 0.589. The Morgan fingerprint density at radius 3 is 2.39 bits per heavy atom. The van der Waals surface area contributed by atoms with E-state index in [1.165, 1.54) is 16.7 Å². The van der Waals surface area contributed by atoms with Crippen molar-refractivity contribution in [2.24, 2.45) is 0 Å². The van der Waals surface area contributed by atoms with Gasteiger partial charge in [0.1, 0.15) is 12.4 Å². The van der Waals surface area contributed by atoms with Crippen LogP contribution in [0.1, 0.15) is 30.5 Å². The Morgan fingerprint density at radius 1 is 1.28 bits per heavy atom. The van der Waals surface area contributed by atoms with Crippen LogP contribution in [0.2, 0.25) is 0 Å². The fourth-order valence-corrected chi connectivity index (χ4v) is 2.05. The molecule has 0 aliphatic heterocycles. The molecule has 0 fully saturated rings. The van der Waals surface area contributed by atoms with Crippen molar-refractivity contribution < 1.29 is 4.74 Å². The number of hydrogen-bond acceptors (Lipinski definition) is 2. The van der Waals surface area contributed by atoms with E-state index < -0.39 is 0 Å². The molecule has 100 valence electrons. The highest BCUT2D eigenvalue weighted by Crippen LogP contribution is 2.25. The summed E-state index contributed by atoms with van der Waals surface area (Å²) in [5.74, 6) is 1.02. The molecule has 0 amide bonds. The van der Waals surface area contributed by atoms with Crippen LogP contribution in [0.25, 0.3) is 0 Å². The molecule has 0 radical (unpaired) electrons. The van der Waals surface area contributed by atoms with Crippen molar-refractivity contribution in [2.45, 2.75) is 40.2 Å². The number of aryl methyl sites for hydroxylation is 2. The van der Waals surface area contributed by atoms with Crippen molar-refractivity contribution in [3.63, 3.8) is 0 Å². The lowest BCUT2D eigenvalue weighted by molar-refractivity contribution is 0.305.